The van der Waals surface area contributed by atoms with Gasteiger partial charge in [0.25, 0.3) is 5.91 Å². The molecule has 2 fully saturated rings. The Balaban J connectivity index is 1.53. The summed E-state index contributed by atoms with van der Waals surface area (Å²) in [7, 11) is -3.79. The van der Waals surface area contributed by atoms with E-state index in [0.717, 1.165) is 37.8 Å². The number of benzene rings is 2. The summed E-state index contributed by atoms with van der Waals surface area (Å²) in [6.45, 7) is 4.27. The largest absolute Gasteiger partial charge is 0.373 e. The third-order valence-electron chi connectivity index (χ3n) is 7.50. The lowest BCUT2D eigenvalue weighted by atomic mass is 9.95. The third-order valence-corrected chi connectivity index (χ3v) is 9.33. The molecule has 0 spiro atoms. The molecule has 0 radical (unpaired) electrons. The van der Waals surface area contributed by atoms with Gasteiger partial charge in [0.05, 0.1) is 22.8 Å². The van der Waals surface area contributed by atoms with E-state index in [4.69, 9.17) is 9.84 Å². The molecule has 2 atom stereocenters. The SMILES string of the molecule is CC1CN(S(=O)(=O)c2cccc(-c3nn(-c4ccccc4)cc3C=C(C#N)C(=O)NC3CCCCC3)c2)CC(C)O1. The molecule has 2 heterocycles. The highest BCUT2D eigenvalue weighted by Crippen LogP contribution is 2.30. The van der Waals surface area contributed by atoms with E-state index in [9.17, 15) is 18.5 Å². The molecule has 9 nitrogen and oxygen atoms in total. The average molecular weight is 574 g/mol. The van der Waals surface area contributed by atoms with Crippen LogP contribution in [0.25, 0.3) is 23.0 Å². The van der Waals surface area contributed by atoms with E-state index < -0.39 is 15.9 Å². The van der Waals surface area contributed by atoms with Crippen LogP contribution in [-0.2, 0) is 19.6 Å². The fraction of sp³-hybridized carbons (Fsp3) is 0.387. The highest BCUT2D eigenvalue weighted by Gasteiger charge is 2.32. The Morgan fingerprint density at radius 1 is 1.05 bits per heavy atom. The van der Waals surface area contributed by atoms with Crippen molar-refractivity contribution in [3.05, 3.63) is 71.9 Å². The molecule has 1 amide bonds. The second-order valence-corrected chi connectivity index (χ2v) is 12.7. The van der Waals surface area contributed by atoms with Crippen LogP contribution in [0.3, 0.4) is 0 Å². The van der Waals surface area contributed by atoms with E-state index in [1.165, 1.54) is 10.4 Å². The van der Waals surface area contributed by atoms with Gasteiger partial charge >= 0.3 is 0 Å². The van der Waals surface area contributed by atoms with Gasteiger partial charge in [-0.1, -0.05) is 49.6 Å². The number of nitriles is 1. The van der Waals surface area contributed by atoms with E-state index in [-0.39, 0.29) is 41.8 Å². The quantitative estimate of drug-likeness (QED) is 0.324. The summed E-state index contributed by atoms with van der Waals surface area (Å²) < 4.78 is 36.1. The van der Waals surface area contributed by atoms with Gasteiger partial charge in [-0.3, -0.25) is 4.79 Å². The number of nitrogens with zero attached hydrogens (tertiary/aromatic N) is 4. The van der Waals surface area contributed by atoms with Crippen LogP contribution in [-0.4, -0.2) is 59.7 Å². The molecular formula is C31H35N5O4S. The zero-order valence-corrected chi connectivity index (χ0v) is 24.2. The lowest BCUT2D eigenvalue weighted by Crippen LogP contribution is -2.48. The lowest BCUT2D eigenvalue weighted by molar-refractivity contribution is -0.117. The standard InChI is InChI=1S/C31H35N5O4S/c1-22-19-35(20-23(2)40-22)41(38,39)29-15-9-10-24(17-29)30-26(21-36(34-30)28-13-7-4-8-14-28)16-25(18-32)31(37)33-27-11-5-3-6-12-27/h4,7-10,13-17,21-23,27H,3,5-6,11-12,19-20H2,1-2H3,(H,33,37). The molecule has 1 aliphatic heterocycles. The van der Waals surface area contributed by atoms with Crippen molar-refractivity contribution in [3.63, 3.8) is 0 Å². The third kappa shape index (κ3) is 6.59. The number of carbonyl (C=O) groups is 1. The van der Waals surface area contributed by atoms with E-state index in [1.54, 1.807) is 35.1 Å². The predicted molar refractivity (Wildman–Crippen MR) is 156 cm³/mol. The maximum Gasteiger partial charge on any atom is 0.262 e. The Morgan fingerprint density at radius 2 is 1.76 bits per heavy atom. The number of morpholine rings is 1. The van der Waals surface area contributed by atoms with E-state index in [0.29, 0.717) is 16.8 Å². The Labute approximate surface area is 241 Å². The molecule has 41 heavy (non-hydrogen) atoms. The molecule has 10 heteroatoms. The number of carbonyl (C=O) groups excluding carboxylic acids is 1. The summed E-state index contributed by atoms with van der Waals surface area (Å²) in [5.74, 6) is -0.412. The molecular weight excluding hydrogens is 538 g/mol. The summed E-state index contributed by atoms with van der Waals surface area (Å²) in [6.07, 6.45) is 7.96. The van der Waals surface area contributed by atoms with Crippen molar-refractivity contribution >= 4 is 22.0 Å². The van der Waals surface area contributed by atoms with Crippen molar-refractivity contribution in [2.75, 3.05) is 13.1 Å². The van der Waals surface area contributed by atoms with Crippen molar-refractivity contribution in [3.8, 4) is 23.0 Å². The molecule has 1 N–H and O–H groups in total. The normalized spacial score (nSPS) is 20.9. The van der Waals surface area contributed by atoms with Gasteiger partial charge in [-0.2, -0.15) is 14.7 Å². The Bertz CT molecular complexity index is 1560. The minimum absolute atomic E-state index is 0.0236. The molecule has 3 aromatic rings. The number of aromatic nitrogens is 2. The average Bonchev–Trinajstić information content (AvgIpc) is 3.40. The second kappa shape index (κ2) is 12.4. The minimum atomic E-state index is -3.79. The van der Waals surface area contributed by atoms with Gasteiger partial charge in [0.15, 0.2) is 0 Å². The van der Waals surface area contributed by atoms with Crippen LogP contribution < -0.4 is 5.32 Å². The summed E-state index contributed by atoms with van der Waals surface area (Å²) in [6, 6.07) is 18.2. The van der Waals surface area contributed by atoms with Gasteiger partial charge in [0.2, 0.25) is 10.0 Å². The van der Waals surface area contributed by atoms with Crippen LogP contribution >= 0.6 is 0 Å². The molecule has 1 aromatic heterocycles. The first-order valence-corrected chi connectivity index (χ1v) is 15.5. The van der Waals surface area contributed by atoms with Crippen LogP contribution in [0, 0.1) is 11.3 Å². The summed E-state index contributed by atoms with van der Waals surface area (Å²) in [4.78, 5) is 13.2. The monoisotopic (exact) mass is 573 g/mol. The molecule has 2 unspecified atom stereocenters. The smallest absolute Gasteiger partial charge is 0.262 e. The number of hydrogen-bond acceptors (Lipinski definition) is 6. The van der Waals surface area contributed by atoms with Gasteiger partial charge in [0.1, 0.15) is 17.3 Å². The van der Waals surface area contributed by atoms with Crippen molar-refractivity contribution < 1.29 is 17.9 Å². The Hall–Kier alpha value is -3.78. The topological polar surface area (TPSA) is 117 Å². The van der Waals surface area contributed by atoms with E-state index in [2.05, 4.69) is 11.4 Å². The maximum absolute atomic E-state index is 13.6. The van der Waals surface area contributed by atoms with Crippen LogP contribution in [0.2, 0.25) is 0 Å². The van der Waals surface area contributed by atoms with Crippen molar-refractivity contribution in [2.24, 2.45) is 0 Å². The number of ether oxygens (including phenoxy) is 1. The van der Waals surface area contributed by atoms with Gasteiger partial charge < -0.3 is 10.1 Å². The predicted octanol–water partition coefficient (Wildman–Crippen LogP) is 4.69. The van der Waals surface area contributed by atoms with E-state index >= 15 is 0 Å². The minimum Gasteiger partial charge on any atom is -0.373 e. The number of nitrogens with one attached hydrogen (secondary N) is 1. The van der Waals surface area contributed by atoms with Crippen molar-refractivity contribution in [1.82, 2.24) is 19.4 Å². The fourth-order valence-corrected chi connectivity index (χ4v) is 7.16. The summed E-state index contributed by atoms with van der Waals surface area (Å²) >= 11 is 0. The number of hydrogen-bond donors (Lipinski definition) is 1. The Morgan fingerprint density at radius 3 is 2.44 bits per heavy atom. The highest BCUT2D eigenvalue weighted by molar-refractivity contribution is 7.89. The fourth-order valence-electron chi connectivity index (χ4n) is 5.52. The van der Waals surface area contributed by atoms with Gasteiger partial charge in [-0.25, -0.2) is 13.1 Å². The molecule has 5 rings (SSSR count). The molecule has 2 aliphatic rings. The van der Waals surface area contributed by atoms with Crippen LogP contribution in [0.15, 0.2) is 71.3 Å². The number of sulfonamides is 1. The summed E-state index contributed by atoms with van der Waals surface area (Å²) in [5.41, 5.74) is 2.33. The zero-order valence-electron chi connectivity index (χ0n) is 23.4. The lowest BCUT2D eigenvalue weighted by Gasteiger charge is -2.34. The first-order valence-electron chi connectivity index (χ1n) is 14.1. The highest BCUT2D eigenvalue weighted by atomic mass is 32.2. The molecule has 1 saturated heterocycles. The molecule has 2 aromatic carbocycles. The van der Waals surface area contributed by atoms with Gasteiger partial charge in [-0.15, -0.1) is 0 Å². The molecule has 214 valence electrons. The van der Waals surface area contributed by atoms with Gasteiger partial charge in [-0.05, 0) is 57.0 Å². The number of rotatable bonds is 7. The van der Waals surface area contributed by atoms with Crippen LogP contribution in [0.4, 0.5) is 0 Å². The van der Waals surface area contributed by atoms with Crippen LogP contribution in [0.1, 0.15) is 51.5 Å². The second-order valence-electron chi connectivity index (χ2n) is 10.8. The molecule has 0 bridgehead atoms. The van der Waals surface area contributed by atoms with Gasteiger partial charge in [0, 0.05) is 36.5 Å². The first kappa shape index (κ1) is 28.7. The first-order chi connectivity index (χ1) is 19.7. The number of para-hydroxylation sites is 1. The zero-order chi connectivity index (χ0) is 29.0. The van der Waals surface area contributed by atoms with E-state index in [1.807, 2.05) is 44.2 Å². The Kier molecular flexibility index (Phi) is 8.68. The molecule has 1 saturated carbocycles. The number of amides is 1. The van der Waals surface area contributed by atoms with Crippen molar-refractivity contribution in [2.45, 2.75) is 69.1 Å². The van der Waals surface area contributed by atoms with Crippen molar-refractivity contribution in [1.29, 1.82) is 5.26 Å². The molecule has 1 aliphatic carbocycles. The summed E-state index contributed by atoms with van der Waals surface area (Å²) in [5, 5.41) is 17.7. The maximum atomic E-state index is 13.6. The van der Waals surface area contributed by atoms with Crippen LogP contribution in [0.5, 0.6) is 0 Å².